The minimum absolute atomic E-state index is 0.0730. The predicted octanol–water partition coefficient (Wildman–Crippen LogP) is 2.05. The molecule has 0 saturated heterocycles. The van der Waals surface area contributed by atoms with Crippen LogP contribution in [0.3, 0.4) is 0 Å². The Hall–Kier alpha value is -1.24. The molecule has 1 aromatic heterocycles. The summed E-state index contributed by atoms with van der Waals surface area (Å²) in [6.07, 6.45) is 2.05. The molecule has 1 aromatic rings. The molecular formula is C10H18N4O2S. The van der Waals surface area contributed by atoms with E-state index in [0.29, 0.717) is 24.0 Å². The molecule has 0 radical (unpaired) electrons. The van der Waals surface area contributed by atoms with Crippen LogP contribution in [0.25, 0.3) is 0 Å². The van der Waals surface area contributed by atoms with Gasteiger partial charge in [0.25, 0.3) is 0 Å². The Bertz CT molecular complexity index is 405. The van der Waals surface area contributed by atoms with E-state index in [0.717, 1.165) is 5.75 Å². The van der Waals surface area contributed by atoms with Crippen LogP contribution in [-0.4, -0.2) is 33.3 Å². The minimum atomic E-state index is -0.385. The Morgan fingerprint density at radius 1 is 1.65 bits per heavy atom. The van der Waals surface area contributed by atoms with Crippen LogP contribution in [0, 0.1) is 23.0 Å². The molecule has 1 unspecified atom stereocenters. The molecule has 1 atom stereocenters. The molecule has 0 spiro atoms. The van der Waals surface area contributed by atoms with Crippen molar-refractivity contribution in [3.63, 3.8) is 0 Å². The fraction of sp³-hybridized carbons (Fsp3) is 0.700. The minimum Gasteiger partial charge on any atom is -0.364 e. The maximum Gasteiger partial charge on any atom is 0.333 e. The van der Waals surface area contributed by atoms with E-state index in [2.05, 4.69) is 17.3 Å². The molecule has 1 N–H and O–H groups in total. The molecule has 96 valence electrons. The largest absolute Gasteiger partial charge is 0.364 e. The van der Waals surface area contributed by atoms with Gasteiger partial charge in [0, 0.05) is 13.6 Å². The van der Waals surface area contributed by atoms with Gasteiger partial charge in [0.05, 0.1) is 4.92 Å². The standard InChI is InChI=1S/C10H18N4O2S/c1-7(6-17-4)5-11-10-9(14(15)16)8(2)12-13(10)3/h7,11H,5-6H2,1-4H3. The van der Waals surface area contributed by atoms with Crippen LogP contribution in [0.2, 0.25) is 0 Å². The molecule has 0 aliphatic carbocycles. The number of aromatic nitrogens is 2. The highest BCUT2D eigenvalue weighted by atomic mass is 32.2. The molecule has 0 aliphatic heterocycles. The highest BCUT2D eigenvalue weighted by molar-refractivity contribution is 7.98. The van der Waals surface area contributed by atoms with E-state index in [1.54, 1.807) is 25.7 Å². The third kappa shape index (κ3) is 3.36. The molecule has 7 heteroatoms. The monoisotopic (exact) mass is 258 g/mol. The lowest BCUT2D eigenvalue weighted by Crippen LogP contribution is -2.16. The molecule has 1 heterocycles. The van der Waals surface area contributed by atoms with Crippen LogP contribution in [0.15, 0.2) is 0 Å². The molecule has 0 amide bonds. The molecular weight excluding hydrogens is 240 g/mol. The Morgan fingerprint density at radius 3 is 2.82 bits per heavy atom. The van der Waals surface area contributed by atoms with Crippen LogP contribution < -0.4 is 5.32 Å². The van der Waals surface area contributed by atoms with Gasteiger partial charge in [-0.2, -0.15) is 16.9 Å². The summed E-state index contributed by atoms with van der Waals surface area (Å²) in [5.74, 6) is 1.97. The van der Waals surface area contributed by atoms with E-state index in [-0.39, 0.29) is 10.6 Å². The number of rotatable bonds is 6. The summed E-state index contributed by atoms with van der Waals surface area (Å²) in [6, 6.07) is 0. The number of thioether (sulfide) groups is 1. The van der Waals surface area contributed by atoms with Crippen LogP contribution >= 0.6 is 11.8 Å². The van der Waals surface area contributed by atoms with Gasteiger partial charge in [-0.05, 0) is 24.9 Å². The van der Waals surface area contributed by atoms with Gasteiger partial charge in [0.1, 0.15) is 5.69 Å². The first-order valence-corrected chi connectivity index (χ1v) is 6.77. The fourth-order valence-corrected chi connectivity index (χ4v) is 2.36. The van der Waals surface area contributed by atoms with Crippen LogP contribution in [-0.2, 0) is 7.05 Å². The second-order valence-corrected chi connectivity index (χ2v) is 5.02. The van der Waals surface area contributed by atoms with E-state index in [9.17, 15) is 10.1 Å². The molecule has 0 fully saturated rings. The zero-order chi connectivity index (χ0) is 13.0. The van der Waals surface area contributed by atoms with E-state index >= 15 is 0 Å². The van der Waals surface area contributed by atoms with E-state index in [1.165, 1.54) is 4.68 Å². The maximum absolute atomic E-state index is 10.9. The number of aryl methyl sites for hydroxylation is 2. The van der Waals surface area contributed by atoms with Crippen molar-refractivity contribution in [1.82, 2.24) is 9.78 Å². The Balaban J connectivity index is 2.80. The first kappa shape index (κ1) is 13.8. The second-order valence-electron chi connectivity index (χ2n) is 4.10. The Morgan fingerprint density at radius 2 is 2.29 bits per heavy atom. The summed E-state index contributed by atoms with van der Waals surface area (Å²) in [7, 11) is 1.71. The number of hydrogen-bond acceptors (Lipinski definition) is 5. The summed E-state index contributed by atoms with van der Waals surface area (Å²) >= 11 is 1.77. The van der Waals surface area contributed by atoms with Crippen molar-refractivity contribution in [1.29, 1.82) is 0 Å². The number of nitrogens with zero attached hydrogens (tertiary/aromatic N) is 3. The topological polar surface area (TPSA) is 73.0 Å². The molecule has 17 heavy (non-hydrogen) atoms. The molecule has 6 nitrogen and oxygen atoms in total. The molecule has 0 aromatic carbocycles. The summed E-state index contributed by atoms with van der Waals surface area (Å²) in [6.45, 7) is 4.47. The lowest BCUT2D eigenvalue weighted by Gasteiger charge is -2.11. The predicted molar refractivity (Wildman–Crippen MR) is 70.6 cm³/mol. The van der Waals surface area contributed by atoms with Crippen LogP contribution in [0.5, 0.6) is 0 Å². The molecule has 1 rings (SSSR count). The molecule has 0 aliphatic rings. The zero-order valence-electron chi connectivity index (χ0n) is 10.6. The summed E-state index contributed by atoms with van der Waals surface area (Å²) in [4.78, 5) is 10.5. The van der Waals surface area contributed by atoms with Crippen molar-refractivity contribution in [2.24, 2.45) is 13.0 Å². The van der Waals surface area contributed by atoms with Gasteiger partial charge < -0.3 is 5.32 Å². The zero-order valence-corrected chi connectivity index (χ0v) is 11.4. The van der Waals surface area contributed by atoms with Crippen molar-refractivity contribution in [3.05, 3.63) is 15.8 Å². The summed E-state index contributed by atoms with van der Waals surface area (Å²) < 4.78 is 1.53. The highest BCUT2D eigenvalue weighted by Gasteiger charge is 2.23. The number of anilines is 1. The summed E-state index contributed by atoms with van der Waals surface area (Å²) in [5.41, 5.74) is 0.515. The van der Waals surface area contributed by atoms with Gasteiger partial charge in [-0.3, -0.25) is 10.1 Å². The van der Waals surface area contributed by atoms with Crippen molar-refractivity contribution in [3.8, 4) is 0 Å². The van der Waals surface area contributed by atoms with Crippen molar-refractivity contribution in [2.45, 2.75) is 13.8 Å². The van der Waals surface area contributed by atoms with E-state index < -0.39 is 0 Å². The maximum atomic E-state index is 10.9. The van der Waals surface area contributed by atoms with Crippen LogP contribution in [0.1, 0.15) is 12.6 Å². The van der Waals surface area contributed by atoms with E-state index in [1.807, 2.05) is 6.26 Å². The van der Waals surface area contributed by atoms with Crippen LogP contribution in [0.4, 0.5) is 11.5 Å². The number of nitro groups is 1. The average Bonchev–Trinajstić information content (AvgIpc) is 2.50. The lowest BCUT2D eigenvalue weighted by molar-refractivity contribution is -0.384. The highest BCUT2D eigenvalue weighted by Crippen LogP contribution is 2.27. The Kier molecular flexibility index (Phi) is 4.80. The molecule has 0 bridgehead atoms. The van der Waals surface area contributed by atoms with Gasteiger partial charge in [0.2, 0.25) is 5.82 Å². The quantitative estimate of drug-likeness (QED) is 0.624. The van der Waals surface area contributed by atoms with E-state index in [4.69, 9.17) is 0 Å². The lowest BCUT2D eigenvalue weighted by atomic mass is 10.2. The smallest absolute Gasteiger partial charge is 0.333 e. The number of hydrogen-bond donors (Lipinski definition) is 1. The van der Waals surface area contributed by atoms with Crippen molar-refractivity contribution in [2.75, 3.05) is 23.9 Å². The summed E-state index contributed by atoms with van der Waals surface area (Å²) in [5, 5.41) is 18.1. The first-order valence-electron chi connectivity index (χ1n) is 5.38. The van der Waals surface area contributed by atoms with Gasteiger partial charge >= 0.3 is 5.69 Å². The third-order valence-corrected chi connectivity index (χ3v) is 3.34. The van der Waals surface area contributed by atoms with Gasteiger partial charge in [-0.15, -0.1) is 0 Å². The normalized spacial score (nSPS) is 12.5. The fourth-order valence-electron chi connectivity index (χ4n) is 1.68. The SMILES string of the molecule is CSCC(C)CNc1c([N+](=O)[O-])c(C)nn1C. The van der Waals surface area contributed by atoms with Gasteiger partial charge in [-0.1, -0.05) is 6.92 Å². The van der Waals surface area contributed by atoms with Gasteiger partial charge in [-0.25, -0.2) is 4.68 Å². The Labute approximate surface area is 105 Å². The number of nitrogens with one attached hydrogen (secondary N) is 1. The van der Waals surface area contributed by atoms with Crippen molar-refractivity contribution < 1.29 is 4.92 Å². The second kappa shape index (κ2) is 5.90. The molecule has 0 saturated carbocycles. The van der Waals surface area contributed by atoms with Gasteiger partial charge in [0.15, 0.2) is 0 Å². The third-order valence-electron chi connectivity index (χ3n) is 2.44. The first-order chi connectivity index (χ1) is 7.97. The average molecular weight is 258 g/mol. The van der Waals surface area contributed by atoms with Crippen molar-refractivity contribution >= 4 is 23.3 Å².